The molecule has 0 aromatic rings. The van der Waals surface area contributed by atoms with Crippen LogP contribution in [-0.2, 0) is 9.59 Å². The minimum Gasteiger partial charge on any atom is -0.394 e. The molecule has 3 N–H and O–H groups in total. The van der Waals surface area contributed by atoms with Gasteiger partial charge in [0.05, 0.1) is 24.7 Å². The molecule has 1 heterocycles. The van der Waals surface area contributed by atoms with Crippen LogP contribution in [0.15, 0.2) is 0 Å². The number of hydrogen-bond donors (Lipinski definition) is 3. The molecular formula is C13H24N2O4. The lowest BCUT2D eigenvalue weighted by atomic mass is 9.93. The lowest BCUT2D eigenvalue weighted by molar-refractivity contribution is -0.135. The Labute approximate surface area is 113 Å². The lowest BCUT2D eigenvalue weighted by Gasteiger charge is -2.35. The third-order valence-electron chi connectivity index (χ3n) is 3.91. The van der Waals surface area contributed by atoms with Gasteiger partial charge < -0.3 is 20.4 Å². The summed E-state index contributed by atoms with van der Waals surface area (Å²) >= 11 is 0. The number of hydrogen-bond acceptors (Lipinski definition) is 4. The quantitative estimate of drug-likeness (QED) is 0.629. The molecule has 0 aliphatic carbocycles. The summed E-state index contributed by atoms with van der Waals surface area (Å²) in [6.45, 7) is 3.81. The average Bonchev–Trinajstić information content (AvgIpc) is 2.45. The third kappa shape index (κ3) is 3.91. The van der Waals surface area contributed by atoms with Crippen molar-refractivity contribution in [1.29, 1.82) is 0 Å². The highest BCUT2D eigenvalue weighted by atomic mass is 16.3. The van der Waals surface area contributed by atoms with Crippen molar-refractivity contribution in [3.63, 3.8) is 0 Å². The average molecular weight is 272 g/mol. The van der Waals surface area contributed by atoms with E-state index in [1.165, 1.54) is 6.92 Å². The first-order valence-corrected chi connectivity index (χ1v) is 6.77. The number of carbonyl (C=O) groups is 2. The summed E-state index contributed by atoms with van der Waals surface area (Å²) in [5.74, 6) is -0.485. The SMILES string of the molecule is CCC(CO)(CO)NC(=O)C1CCCN(C(C)=O)C1. The molecule has 0 bridgehead atoms. The lowest BCUT2D eigenvalue weighted by Crippen LogP contribution is -2.57. The van der Waals surface area contributed by atoms with Crippen molar-refractivity contribution in [2.24, 2.45) is 5.92 Å². The van der Waals surface area contributed by atoms with Gasteiger partial charge in [0.15, 0.2) is 0 Å². The van der Waals surface area contributed by atoms with Crippen LogP contribution >= 0.6 is 0 Å². The van der Waals surface area contributed by atoms with Crippen LogP contribution in [-0.4, -0.2) is 58.8 Å². The third-order valence-corrected chi connectivity index (χ3v) is 3.91. The van der Waals surface area contributed by atoms with Gasteiger partial charge in [-0.05, 0) is 19.3 Å². The standard InChI is InChI=1S/C13H24N2O4/c1-3-13(8-16,9-17)14-12(19)11-5-4-6-15(7-11)10(2)18/h11,16-17H,3-9H2,1-2H3,(H,14,19). The number of aliphatic hydroxyl groups excluding tert-OH is 2. The van der Waals surface area contributed by atoms with Gasteiger partial charge in [-0.2, -0.15) is 0 Å². The molecule has 2 amide bonds. The van der Waals surface area contributed by atoms with Crippen molar-refractivity contribution in [2.45, 2.75) is 38.6 Å². The maximum atomic E-state index is 12.2. The predicted molar refractivity (Wildman–Crippen MR) is 70.3 cm³/mol. The summed E-state index contributed by atoms with van der Waals surface area (Å²) in [5.41, 5.74) is -0.963. The molecule has 6 nitrogen and oxygen atoms in total. The van der Waals surface area contributed by atoms with E-state index >= 15 is 0 Å². The number of rotatable bonds is 5. The molecule has 0 saturated carbocycles. The zero-order valence-corrected chi connectivity index (χ0v) is 11.7. The van der Waals surface area contributed by atoms with Crippen LogP contribution in [0, 0.1) is 5.92 Å². The van der Waals surface area contributed by atoms with Crippen molar-refractivity contribution in [3.8, 4) is 0 Å². The first kappa shape index (κ1) is 15.9. The summed E-state index contributed by atoms with van der Waals surface area (Å²) in [5, 5.41) is 21.4. The molecule has 1 aliphatic rings. The largest absolute Gasteiger partial charge is 0.394 e. The molecule has 1 rings (SSSR count). The molecule has 19 heavy (non-hydrogen) atoms. The van der Waals surface area contributed by atoms with Crippen LogP contribution in [0.3, 0.4) is 0 Å². The van der Waals surface area contributed by atoms with E-state index in [2.05, 4.69) is 5.32 Å². The molecule has 1 fully saturated rings. The van der Waals surface area contributed by atoms with Crippen LogP contribution in [0.1, 0.15) is 33.1 Å². The summed E-state index contributed by atoms with van der Waals surface area (Å²) in [6, 6.07) is 0. The zero-order valence-electron chi connectivity index (χ0n) is 11.7. The minimum absolute atomic E-state index is 0.0245. The monoisotopic (exact) mass is 272 g/mol. The van der Waals surface area contributed by atoms with E-state index in [0.29, 0.717) is 19.5 Å². The van der Waals surface area contributed by atoms with Crippen LogP contribution in [0.25, 0.3) is 0 Å². The Morgan fingerprint density at radius 3 is 2.47 bits per heavy atom. The van der Waals surface area contributed by atoms with Gasteiger partial charge in [0.25, 0.3) is 0 Å². The molecular weight excluding hydrogens is 248 g/mol. The molecule has 0 radical (unpaired) electrons. The smallest absolute Gasteiger partial charge is 0.225 e. The van der Waals surface area contributed by atoms with Crippen molar-refractivity contribution in [1.82, 2.24) is 10.2 Å². The molecule has 0 aromatic heterocycles. The summed E-state index contributed by atoms with van der Waals surface area (Å²) < 4.78 is 0. The molecule has 1 saturated heterocycles. The Morgan fingerprint density at radius 1 is 1.37 bits per heavy atom. The number of nitrogens with one attached hydrogen (secondary N) is 1. The fraction of sp³-hybridized carbons (Fsp3) is 0.846. The number of amides is 2. The summed E-state index contributed by atoms with van der Waals surface area (Å²) in [7, 11) is 0. The fourth-order valence-corrected chi connectivity index (χ4v) is 2.28. The minimum atomic E-state index is -0.963. The van der Waals surface area contributed by atoms with Crippen LogP contribution < -0.4 is 5.32 Å². The van der Waals surface area contributed by atoms with Gasteiger partial charge in [0.1, 0.15) is 0 Å². The van der Waals surface area contributed by atoms with E-state index in [-0.39, 0.29) is 30.9 Å². The van der Waals surface area contributed by atoms with Crippen LogP contribution in [0.5, 0.6) is 0 Å². The van der Waals surface area contributed by atoms with E-state index in [9.17, 15) is 19.8 Å². The van der Waals surface area contributed by atoms with E-state index in [4.69, 9.17) is 0 Å². The van der Waals surface area contributed by atoms with Gasteiger partial charge in [-0.15, -0.1) is 0 Å². The predicted octanol–water partition coefficient (Wildman–Crippen LogP) is -0.505. The first-order chi connectivity index (χ1) is 8.98. The van der Waals surface area contributed by atoms with E-state index < -0.39 is 5.54 Å². The normalized spacial score (nSPS) is 20.2. The van der Waals surface area contributed by atoms with Gasteiger partial charge >= 0.3 is 0 Å². The number of piperidine rings is 1. The molecule has 1 unspecified atom stereocenters. The maximum Gasteiger partial charge on any atom is 0.225 e. The molecule has 6 heteroatoms. The van der Waals surface area contributed by atoms with E-state index in [1.807, 2.05) is 0 Å². The second-order valence-corrected chi connectivity index (χ2v) is 5.24. The second kappa shape index (κ2) is 6.86. The number of likely N-dealkylation sites (tertiary alicyclic amines) is 1. The highest BCUT2D eigenvalue weighted by molar-refractivity contribution is 5.81. The van der Waals surface area contributed by atoms with Gasteiger partial charge in [-0.3, -0.25) is 9.59 Å². The highest BCUT2D eigenvalue weighted by Crippen LogP contribution is 2.18. The molecule has 1 atom stereocenters. The highest BCUT2D eigenvalue weighted by Gasteiger charge is 2.33. The van der Waals surface area contributed by atoms with E-state index in [0.717, 1.165) is 12.8 Å². The van der Waals surface area contributed by atoms with Gasteiger partial charge in [-0.25, -0.2) is 0 Å². The van der Waals surface area contributed by atoms with Crippen molar-refractivity contribution in [3.05, 3.63) is 0 Å². The van der Waals surface area contributed by atoms with Crippen molar-refractivity contribution >= 4 is 11.8 Å². The summed E-state index contributed by atoms with van der Waals surface area (Å²) in [6.07, 6.45) is 1.98. The Morgan fingerprint density at radius 2 is 2.00 bits per heavy atom. The molecule has 1 aliphatic heterocycles. The first-order valence-electron chi connectivity index (χ1n) is 6.77. The van der Waals surface area contributed by atoms with Crippen LogP contribution in [0.4, 0.5) is 0 Å². The van der Waals surface area contributed by atoms with Gasteiger partial charge in [-0.1, -0.05) is 6.92 Å². The molecule has 0 spiro atoms. The van der Waals surface area contributed by atoms with Crippen LogP contribution in [0.2, 0.25) is 0 Å². The Kier molecular flexibility index (Phi) is 5.75. The number of aliphatic hydroxyl groups is 2. The topological polar surface area (TPSA) is 89.9 Å². The zero-order chi connectivity index (χ0) is 14.5. The number of nitrogens with zero attached hydrogens (tertiary/aromatic N) is 1. The van der Waals surface area contributed by atoms with Crippen molar-refractivity contribution < 1.29 is 19.8 Å². The fourth-order valence-electron chi connectivity index (χ4n) is 2.28. The summed E-state index contributed by atoms with van der Waals surface area (Å²) in [4.78, 5) is 25.2. The maximum absolute atomic E-state index is 12.2. The Bertz CT molecular complexity index is 320. The molecule has 0 aromatic carbocycles. The van der Waals surface area contributed by atoms with Gasteiger partial charge in [0, 0.05) is 20.0 Å². The van der Waals surface area contributed by atoms with E-state index in [1.54, 1.807) is 11.8 Å². The van der Waals surface area contributed by atoms with Crippen molar-refractivity contribution in [2.75, 3.05) is 26.3 Å². The molecule has 110 valence electrons. The number of carbonyl (C=O) groups excluding carboxylic acids is 2. The Hall–Kier alpha value is -1.14. The van der Waals surface area contributed by atoms with Gasteiger partial charge in [0.2, 0.25) is 11.8 Å². The Balaban J connectivity index is 2.64. The second-order valence-electron chi connectivity index (χ2n) is 5.24.